The fourth-order valence-corrected chi connectivity index (χ4v) is 8.25. The number of carbonyl (C=O) groups excluding carboxylic acids is 4. The van der Waals surface area contributed by atoms with Crippen LogP contribution in [0.4, 0.5) is 0 Å². The lowest BCUT2D eigenvalue weighted by Gasteiger charge is -2.37. The zero-order valence-electron chi connectivity index (χ0n) is 27.9. The second-order valence-electron chi connectivity index (χ2n) is 12.7. The molecule has 14 heteroatoms. The zero-order chi connectivity index (χ0) is 35.0. The lowest BCUT2D eigenvalue weighted by molar-refractivity contribution is -0.144. The predicted octanol–water partition coefficient (Wildman–Crippen LogP) is 2.25. The summed E-state index contributed by atoms with van der Waals surface area (Å²) in [6.07, 6.45) is 1.03. The summed E-state index contributed by atoms with van der Waals surface area (Å²) in [4.78, 5) is 57.8. The molecular formula is C34H47ClN6O6S. The number of benzene rings is 2. The van der Waals surface area contributed by atoms with Crippen LogP contribution in [0.5, 0.6) is 0 Å². The Morgan fingerprint density at radius 3 is 2.27 bits per heavy atom. The molecule has 48 heavy (non-hydrogen) atoms. The average molecular weight is 703 g/mol. The van der Waals surface area contributed by atoms with Gasteiger partial charge >= 0.3 is 0 Å². The summed E-state index contributed by atoms with van der Waals surface area (Å²) in [5, 5.41) is 3.46. The Labute approximate surface area is 288 Å². The van der Waals surface area contributed by atoms with Gasteiger partial charge in [-0.25, -0.2) is 13.1 Å². The molecule has 2 heterocycles. The molecule has 0 spiro atoms. The third-order valence-electron chi connectivity index (χ3n) is 9.41. The number of likely N-dealkylation sites (tertiary alicyclic amines) is 1. The lowest BCUT2D eigenvalue weighted by atomic mass is 9.84. The third-order valence-corrected chi connectivity index (χ3v) is 11.1. The Kier molecular flexibility index (Phi) is 13.0. The van der Waals surface area contributed by atoms with E-state index in [-0.39, 0.29) is 48.9 Å². The van der Waals surface area contributed by atoms with Gasteiger partial charge in [-0.2, -0.15) is 0 Å². The zero-order valence-corrected chi connectivity index (χ0v) is 29.4. The highest BCUT2D eigenvalue weighted by Gasteiger charge is 2.41. The van der Waals surface area contributed by atoms with Crippen LogP contribution in [-0.2, 0) is 48.0 Å². The summed E-state index contributed by atoms with van der Waals surface area (Å²) < 4.78 is 29.2. The first-order valence-electron chi connectivity index (χ1n) is 16.4. The molecule has 4 atom stereocenters. The van der Waals surface area contributed by atoms with E-state index in [1.165, 1.54) is 6.92 Å². The largest absolute Gasteiger partial charge is 0.350 e. The summed E-state index contributed by atoms with van der Waals surface area (Å²) in [6, 6.07) is 12.6. The van der Waals surface area contributed by atoms with E-state index in [0.717, 1.165) is 11.1 Å². The highest BCUT2D eigenvalue weighted by Crippen LogP contribution is 2.29. The Bertz CT molecular complexity index is 1570. The van der Waals surface area contributed by atoms with Crippen molar-refractivity contribution in [3.8, 4) is 0 Å². The van der Waals surface area contributed by atoms with E-state index in [4.69, 9.17) is 17.3 Å². The first kappa shape index (κ1) is 37.3. The summed E-state index contributed by atoms with van der Waals surface area (Å²) in [5.41, 5.74) is 8.12. The molecule has 4 N–H and O–H groups in total. The molecule has 2 saturated heterocycles. The molecule has 0 aromatic heterocycles. The predicted molar refractivity (Wildman–Crippen MR) is 184 cm³/mol. The van der Waals surface area contributed by atoms with Crippen LogP contribution in [0.1, 0.15) is 56.7 Å². The first-order valence-corrected chi connectivity index (χ1v) is 18.5. The molecule has 2 aromatic rings. The summed E-state index contributed by atoms with van der Waals surface area (Å²) in [7, 11) is -3.83. The molecule has 12 nitrogen and oxygen atoms in total. The Balaban J connectivity index is 1.49. The number of sulfonamides is 1. The van der Waals surface area contributed by atoms with Crippen molar-refractivity contribution in [3.63, 3.8) is 0 Å². The highest BCUT2D eigenvalue weighted by molar-refractivity contribution is 7.88. The molecule has 262 valence electrons. The van der Waals surface area contributed by atoms with Crippen LogP contribution in [0.15, 0.2) is 48.5 Å². The van der Waals surface area contributed by atoms with E-state index in [9.17, 15) is 27.6 Å². The van der Waals surface area contributed by atoms with E-state index in [0.29, 0.717) is 56.2 Å². The van der Waals surface area contributed by atoms with Crippen molar-refractivity contribution in [1.82, 2.24) is 24.7 Å². The van der Waals surface area contributed by atoms with Gasteiger partial charge in [-0.3, -0.25) is 19.2 Å². The number of carbonyl (C=O) groups is 4. The van der Waals surface area contributed by atoms with Crippen LogP contribution < -0.4 is 15.8 Å². The molecule has 0 radical (unpaired) electrons. The Morgan fingerprint density at radius 2 is 1.62 bits per heavy atom. The van der Waals surface area contributed by atoms with Crippen LogP contribution in [0.3, 0.4) is 0 Å². The number of halogens is 1. The van der Waals surface area contributed by atoms with Crippen molar-refractivity contribution in [2.75, 3.05) is 32.7 Å². The van der Waals surface area contributed by atoms with Gasteiger partial charge in [0, 0.05) is 76.1 Å². The van der Waals surface area contributed by atoms with Crippen molar-refractivity contribution in [2.45, 2.75) is 71.0 Å². The van der Waals surface area contributed by atoms with Crippen LogP contribution in [0.25, 0.3) is 0 Å². The van der Waals surface area contributed by atoms with Gasteiger partial charge in [0.1, 0.15) is 6.04 Å². The van der Waals surface area contributed by atoms with Gasteiger partial charge in [-0.1, -0.05) is 54.9 Å². The van der Waals surface area contributed by atoms with Crippen LogP contribution in [0.2, 0.25) is 5.02 Å². The van der Waals surface area contributed by atoms with E-state index in [1.807, 2.05) is 6.07 Å². The SMILES string of the molecule is CC(=O)N1CCN(C(=O)CC(C(C)NS(=O)(=O)Cc2ccccc2)C(C)C(=O)N2CCCC2C(=O)NCc2cc(Cl)ccc2CN)CC1. The number of hydrogen-bond acceptors (Lipinski definition) is 7. The van der Waals surface area contributed by atoms with Crippen LogP contribution in [-0.4, -0.2) is 91.6 Å². The minimum absolute atomic E-state index is 0.0581. The maximum atomic E-state index is 14.1. The molecule has 0 aliphatic carbocycles. The van der Waals surface area contributed by atoms with Gasteiger partial charge in [-0.15, -0.1) is 0 Å². The number of hydrogen-bond donors (Lipinski definition) is 3. The number of nitrogens with two attached hydrogens (primary N) is 1. The van der Waals surface area contributed by atoms with Gasteiger partial charge in [0.2, 0.25) is 33.7 Å². The van der Waals surface area contributed by atoms with Crippen molar-refractivity contribution in [1.29, 1.82) is 0 Å². The fraction of sp³-hybridized carbons (Fsp3) is 0.529. The minimum Gasteiger partial charge on any atom is -0.350 e. The quantitative estimate of drug-likeness (QED) is 0.288. The van der Waals surface area contributed by atoms with Crippen LogP contribution >= 0.6 is 11.6 Å². The molecule has 4 unspecified atom stereocenters. The molecular weight excluding hydrogens is 656 g/mol. The third kappa shape index (κ3) is 9.77. The van der Waals surface area contributed by atoms with Crippen molar-refractivity contribution >= 4 is 45.3 Å². The molecule has 2 aromatic carbocycles. The van der Waals surface area contributed by atoms with Crippen molar-refractivity contribution in [2.24, 2.45) is 17.6 Å². The molecule has 2 fully saturated rings. The number of amides is 4. The number of rotatable bonds is 13. The molecule has 0 saturated carbocycles. The van der Waals surface area contributed by atoms with Gasteiger partial charge < -0.3 is 25.8 Å². The topological polar surface area (TPSA) is 162 Å². The Morgan fingerprint density at radius 1 is 0.958 bits per heavy atom. The molecule has 2 aliphatic heterocycles. The van der Waals surface area contributed by atoms with Gasteiger partial charge in [0.25, 0.3) is 0 Å². The summed E-state index contributed by atoms with van der Waals surface area (Å²) in [5.74, 6) is -2.63. The van der Waals surface area contributed by atoms with Gasteiger partial charge in [0.05, 0.1) is 5.75 Å². The van der Waals surface area contributed by atoms with Gasteiger partial charge in [0.15, 0.2) is 0 Å². The Hall–Kier alpha value is -3.52. The highest BCUT2D eigenvalue weighted by atomic mass is 35.5. The molecule has 4 amide bonds. The van der Waals surface area contributed by atoms with E-state index in [1.54, 1.807) is 71.0 Å². The molecule has 0 bridgehead atoms. The van der Waals surface area contributed by atoms with E-state index < -0.39 is 33.9 Å². The molecule has 2 aliphatic rings. The lowest BCUT2D eigenvalue weighted by Crippen LogP contribution is -2.53. The second-order valence-corrected chi connectivity index (χ2v) is 14.9. The number of nitrogens with zero attached hydrogens (tertiary/aromatic N) is 3. The van der Waals surface area contributed by atoms with E-state index in [2.05, 4.69) is 10.0 Å². The van der Waals surface area contributed by atoms with Crippen molar-refractivity contribution < 1.29 is 27.6 Å². The maximum Gasteiger partial charge on any atom is 0.243 e. The fourth-order valence-electron chi connectivity index (χ4n) is 6.60. The monoisotopic (exact) mass is 702 g/mol. The standard InChI is InChI=1S/C34H47ClN6O6S/c1-23(34(45)41-13-7-10-31(41)33(44)37-21-28-18-29(35)12-11-27(28)20-36)30(19-32(43)40-16-14-39(15-17-40)25(3)42)24(2)38-48(46,47)22-26-8-5-4-6-9-26/h4-6,8-9,11-12,18,23-24,30-31,38H,7,10,13-17,19-22,36H2,1-3H3,(H,37,44). The number of nitrogens with one attached hydrogen (secondary N) is 2. The minimum atomic E-state index is -3.83. The summed E-state index contributed by atoms with van der Waals surface area (Å²) >= 11 is 6.16. The number of piperazine rings is 1. The van der Waals surface area contributed by atoms with E-state index >= 15 is 0 Å². The normalized spacial score (nSPS) is 18.7. The first-order chi connectivity index (χ1) is 22.8. The second kappa shape index (κ2) is 16.7. The van der Waals surface area contributed by atoms with Crippen molar-refractivity contribution in [3.05, 3.63) is 70.2 Å². The van der Waals surface area contributed by atoms with Gasteiger partial charge in [-0.05, 0) is 54.5 Å². The smallest absolute Gasteiger partial charge is 0.243 e. The summed E-state index contributed by atoms with van der Waals surface area (Å²) in [6.45, 7) is 7.25. The van der Waals surface area contributed by atoms with Crippen LogP contribution in [0, 0.1) is 11.8 Å². The molecule has 4 rings (SSSR count). The average Bonchev–Trinajstić information content (AvgIpc) is 3.55. The maximum absolute atomic E-state index is 14.1.